The van der Waals surface area contributed by atoms with Gasteiger partial charge < -0.3 is 10.1 Å². The molecule has 104 valence electrons. The number of rotatable bonds is 5. The molecule has 3 nitrogen and oxygen atoms in total. The highest BCUT2D eigenvalue weighted by Gasteiger charge is 2.19. The zero-order valence-corrected chi connectivity index (χ0v) is 13.9. The lowest BCUT2D eigenvalue weighted by molar-refractivity contribution is 0.459. The lowest BCUT2D eigenvalue weighted by atomic mass is 10.3. The molecule has 0 radical (unpaired) electrons. The second kappa shape index (κ2) is 6.24. The fourth-order valence-electron chi connectivity index (χ4n) is 1.80. The van der Waals surface area contributed by atoms with Crippen molar-refractivity contribution in [1.82, 2.24) is 10.3 Å². The average molecular weight is 398 g/mol. The van der Waals surface area contributed by atoms with Crippen molar-refractivity contribution < 1.29 is 4.74 Å². The van der Waals surface area contributed by atoms with Crippen LogP contribution < -0.4 is 10.1 Å². The Hall–Kier alpha value is -0.910. The van der Waals surface area contributed by atoms with Crippen LogP contribution in [-0.4, -0.2) is 11.0 Å². The van der Waals surface area contributed by atoms with E-state index in [0.29, 0.717) is 11.9 Å². The summed E-state index contributed by atoms with van der Waals surface area (Å²) in [5.74, 6) is 1.35. The Labute approximate surface area is 135 Å². The molecule has 3 rings (SSSR count). The molecular weight excluding hydrogens is 384 g/mol. The quantitative estimate of drug-likeness (QED) is 0.797. The Balaban J connectivity index is 1.64. The third-order valence-corrected chi connectivity index (χ3v) is 4.19. The molecule has 1 fully saturated rings. The van der Waals surface area contributed by atoms with Crippen LogP contribution in [0.4, 0.5) is 0 Å². The number of halogens is 2. The molecule has 5 heteroatoms. The summed E-state index contributed by atoms with van der Waals surface area (Å²) in [7, 11) is 0. The molecule has 1 N–H and O–H groups in total. The van der Waals surface area contributed by atoms with Crippen LogP contribution in [0.1, 0.15) is 18.4 Å². The molecule has 0 unspecified atom stereocenters. The second-order valence-electron chi connectivity index (χ2n) is 4.84. The van der Waals surface area contributed by atoms with E-state index in [4.69, 9.17) is 4.74 Å². The summed E-state index contributed by atoms with van der Waals surface area (Å²) in [6, 6.07) is 10.4. The van der Waals surface area contributed by atoms with Gasteiger partial charge in [0.25, 0.3) is 0 Å². The third-order valence-electron chi connectivity index (χ3n) is 3.08. The minimum atomic E-state index is 0.600. The van der Waals surface area contributed by atoms with Gasteiger partial charge in [0.05, 0.1) is 4.47 Å². The van der Waals surface area contributed by atoms with Crippen LogP contribution in [0, 0.1) is 0 Å². The topological polar surface area (TPSA) is 34.1 Å². The first-order chi connectivity index (χ1) is 9.70. The summed E-state index contributed by atoms with van der Waals surface area (Å²) in [6.45, 7) is 0.875. The summed E-state index contributed by atoms with van der Waals surface area (Å²) in [5, 5.41) is 3.46. The SMILES string of the molecule is Brc1ccc(Oc2ccc(CNC3CC3)cn2)c(Br)c1. The summed E-state index contributed by atoms with van der Waals surface area (Å²) in [5.41, 5.74) is 1.18. The highest BCUT2D eigenvalue weighted by atomic mass is 79.9. The van der Waals surface area contributed by atoms with Gasteiger partial charge in [-0.05, 0) is 52.5 Å². The van der Waals surface area contributed by atoms with Gasteiger partial charge in [-0.2, -0.15) is 0 Å². The molecule has 1 aromatic carbocycles. The monoisotopic (exact) mass is 396 g/mol. The van der Waals surface area contributed by atoms with Crippen LogP contribution in [0.25, 0.3) is 0 Å². The Morgan fingerprint density at radius 1 is 1.20 bits per heavy atom. The van der Waals surface area contributed by atoms with Crippen molar-refractivity contribution in [2.75, 3.05) is 0 Å². The Morgan fingerprint density at radius 3 is 2.70 bits per heavy atom. The van der Waals surface area contributed by atoms with Gasteiger partial charge >= 0.3 is 0 Å². The number of pyridine rings is 1. The molecule has 1 aliphatic rings. The standard InChI is InChI=1S/C15H14Br2N2O/c16-11-2-5-14(13(17)7-11)20-15-6-1-10(9-19-15)8-18-12-3-4-12/h1-2,5-7,9,12,18H,3-4,8H2. The summed E-state index contributed by atoms with van der Waals surface area (Å²) in [6.07, 6.45) is 4.45. The maximum Gasteiger partial charge on any atom is 0.219 e. The molecule has 0 atom stereocenters. The van der Waals surface area contributed by atoms with Crippen LogP contribution in [0.3, 0.4) is 0 Å². The van der Waals surface area contributed by atoms with Crippen LogP contribution in [0.15, 0.2) is 45.5 Å². The number of ether oxygens (including phenoxy) is 1. The molecule has 0 amide bonds. The lowest BCUT2D eigenvalue weighted by Gasteiger charge is -2.08. The number of benzene rings is 1. The largest absolute Gasteiger partial charge is 0.438 e. The van der Waals surface area contributed by atoms with Crippen molar-refractivity contribution >= 4 is 31.9 Å². The number of nitrogens with one attached hydrogen (secondary N) is 1. The van der Waals surface area contributed by atoms with Crippen molar-refractivity contribution in [3.63, 3.8) is 0 Å². The van der Waals surface area contributed by atoms with E-state index in [-0.39, 0.29) is 0 Å². The van der Waals surface area contributed by atoms with E-state index < -0.39 is 0 Å². The predicted molar refractivity (Wildman–Crippen MR) is 86.0 cm³/mol. The van der Waals surface area contributed by atoms with E-state index in [9.17, 15) is 0 Å². The molecule has 1 aliphatic carbocycles. The molecule has 2 aromatic rings. The van der Waals surface area contributed by atoms with Gasteiger partial charge in [0.15, 0.2) is 0 Å². The van der Waals surface area contributed by atoms with E-state index >= 15 is 0 Å². The van der Waals surface area contributed by atoms with Crippen LogP contribution in [0.5, 0.6) is 11.6 Å². The lowest BCUT2D eigenvalue weighted by Crippen LogP contribution is -2.15. The molecule has 0 bridgehead atoms. The van der Waals surface area contributed by atoms with Crippen molar-refractivity contribution in [1.29, 1.82) is 0 Å². The van der Waals surface area contributed by atoms with Gasteiger partial charge in [-0.3, -0.25) is 0 Å². The first-order valence-electron chi connectivity index (χ1n) is 6.52. The van der Waals surface area contributed by atoms with Gasteiger partial charge in [-0.1, -0.05) is 22.0 Å². The molecule has 1 saturated carbocycles. The van der Waals surface area contributed by atoms with Gasteiger partial charge in [-0.25, -0.2) is 4.98 Å². The molecule has 0 spiro atoms. The van der Waals surface area contributed by atoms with Crippen LogP contribution in [-0.2, 0) is 6.54 Å². The van der Waals surface area contributed by atoms with E-state index in [1.165, 1.54) is 18.4 Å². The molecule has 1 aromatic heterocycles. The van der Waals surface area contributed by atoms with Crippen molar-refractivity contribution in [2.45, 2.75) is 25.4 Å². The molecule has 0 aliphatic heterocycles. The first-order valence-corrected chi connectivity index (χ1v) is 8.10. The summed E-state index contributed by atoms with van der Waals surface area (Å²) >= 11 is 6.89. The number of aromatic nitrogens is 1. The smallest absolute Gasteiger partial charge is 0.219 e. The fourth-order valence-corrected chi connectivity index (χ4v) is 2.92. The normalized spacial score (nSPS) is 14.3. The minimum Gasteiger partial charge on any atom is -0.438 e. The number of nitrogens with zero attached hydrogens (tertiary/aromatic N) is 1. The van der Waals surface area contributed by atoms with E-state index in [1.807, 2.05) is 36.5 Å². The van der Waals surface area contributed by atoms with Gasteiger partial charge in [0.1, 0.15) is 5.75 Å². The zero-order chi connectivity index (χ0) is 13.9. The van der Waals surface area contributed by atoms with E-state index in [1.54, 1.807) is 0 Å². The predicted octanol–water partition coefficient (Wildman–Crippen LogP) is 4.65. The van der Waals surface area contributed by atoms with Crippen LogP contribution >= 0.6 is 31.9 Å². The summed E-state index contributed by atoms with van der Waals surface area (Å²) < 4.78 is 7.66. The van der Waals surface area contributed by atoms with E-state index in [2.05, 4.69) is 42.2 Å². The second-order valence-corrected chi connectivity index (χ2v) is 6.61. The first kappa shape index (κ1) is 14.0. The molecule has 0 saturated heterocycles. The highest BCUT2D eigenvalue weighted by Crippen LogP contribution is 2.31. The Morgan fingerprint density at radius 2 is 2.05 bits per heavy atom. The molecule has 1 heterocycles. The van der Waals surface area contributed by atoms with Gasteiger partial charge in [0.2, 0.25) is 5.88 Å². The Bertz CT molecular complexity index is 597. The zero-order valence-electron chi connectivity index (χ0n) is 10.8. The molecular formula is C15H14Br2N2O. The minimum absolute atomic E-state index is 0.600. The third kappa shape index (κ3) is 3.81. The maximum atomic E-state index is 5.76. The van der Waals surface area contributed by atoms with Crippen molar-refractivity contribution in [3.05, 3.63) is 51.0 Å². The number of hydrogen-bond donors (Lipinski definition) is 1. The van der Waals surface area contributed by atoms with Gasteiger partial charge in [0, 0.05) is 29.3 Å². The van der Waals surface area contributed by atoms with Crippen molar-refractivity contribution in [3.8, 4) is 11.6 Å². The van der Waals surface area contributed by atoms with Crippen molar-refractivity contribution in [2.24, 2.45) is 0 Å². The average Bonchev–Trinajstić information content (AvgIpc) is 3.25. The van der Waals surface area contributed by atoms with Gasteiger partial charge in [-0.15, -0.1) is 0 Å². The fraction of sp³-hybridized carbons (Fsp3) is 0.267. The summed E-state index contributed by atoms with van der Waals surface area (Å²) in [4.78, 5) is 4.34. The Kier molecular flexibility index (Phi) is 4.38. The number of hydrogen-bond acceptors (Lipinski definition) is 3. The molecule has 20 heavy (non-hydrogen) atoms. The van der Waals surface area contributed by atoms with E-state index in [0.717, 1.165) is 21.2 Å². The van der Waals surface area contributed by atoms with Crippen LogP contribution in [0.2, 0.25) is 0 Å². The maximum absolute atomic E-state index is 5.76. The highest BCUT2D eigenvalue weighted by molar-refractivity contribution is 9.11.